The Balaban J connectivity index is 2.63. The fraction of sp³-hybridized carbons (Fsp3) is 0. The van der Waals surface area contributed by atoms with E-state index >= 15 is 0 Å². The van der Waals surface area contributed by atoms with E-state index in [4.69, 9.17) is 10.2 Å². The predicted molar refractivity (Wildman–Crippen MR) is 60.5 cm³/mol. The van der Waals surface area contributed by atoms with Crippen molar-refractivity contribution in [3.63, 3.8) is 0 Å². The van der Waals surface area contributed by atoms with Crippen molar-refractivity contribution in [2.24, 2.45) is 0 Å². The fourth-order valence-electron chi connectivity index (χ4n) is 1.62. The second-order valence-corrected chi connectivity index (χ2v) is 3.51. The number of halogens is 1. The van der Waals surface area contributed by atoms with Crippen molar-refractivity contribution in [3.8, 4) is 16.9 Å². The van der Waals surface area contributed by atoms with Gasteiger partial charge < -0.3 is 10.2 Å². The Hall–Kier alpha value is -2.36. The minimum Gasteiger partial charge on any atom is -0.508 e. The van der Waals surface area contributed by atoms with Crippen molar-refractivity contribution >= 4 is 5.97 Å². The molecule has 0 unspecified atom stereocenters. The molecule has 0 bridgehead atoms. The van der Waals surface area contributed by atoms with Crippen LogP contribution in [0.3, 0.4) is 0 Å². The van der Waals surface area contributed by atoms with Gasteiger partial charge in [-0.3, -0.25) is 0 Å². The van der Waals surface area contributed by atoms with Crippen LogP contribution in [0.2, 0.25) is 0 Å². The highest BCUT2D eigenvalue weighted by molar-refractivity contribution is 5.96. The smallest absolute Gasteiger partial charge is 0.339 e. The van der Waals surface area contributed by atoms with E-state index in [2.05, 4.69) is 0 Å². The van der Waals surface area contributed by atoms with Gasteiger partial charge in [0.2, 0.25) is 0 Å². The lowest BCUT2D eigenvalue weighted by molar-refractivity contribution is 0.0693. The molecule has 0 aromatic heterocycles. The molecular formula is C13H9FO3. The standard InChI is InChI=1S/C13H9FO3/c14-11-3-1-2-10(12(11)13(16)17)8-4-6-9(15)7-5-8/h1-7,15H,(H,16,17). The molecule has 4 heteroatoms. The summed E-state index contributed by atoms with van der Waals surface area (Å²) in [4.78, 5) is 11.0. The lowest BCUT2D eigenvalue weighted by Gasteiger charge is -2.07. The molecule has 17 heavy (non-hydrogen) atoms. The fourth-order valence-corrected chi connectivity index (χ4v) is 1.62. The van der Waals surface area contributed by atoms with Gasteiger partial charge in [-0.15, -0.1) is 0 Å². The highest BCUT2D eigenvalue weighted by Crippen LogP contribution is 2.27. The summed E-state index contributed by atoms with van der Waals surface area (Å²) >= 11 is 0. The number of aromatic carboxylic acids is 1. The summed E-state index contributed by atoms with van der Waals surface area (Å²) in [6, 6.07) is 10.0. The van der Waals surface area contributed by atoms with Crippen LogP contribution in [0.5, 0.6) is 5.75 Å². The quantitative estimate of drug-likeness (QED) is 0.836. The maximum atomic E-state index is 13.4. The van der Waals surface area contributed by atoms with Crippen LogP contribution in [0.15, 0.2) is 42.5 Å². The number of phenols is 1. The van der Waals surface area contributed by atoms with Crippen LogP contribution in [0, 0.1) is 5.82 Å². The lowest BCUT2D eigenvalue weighted by Crippen LogP contribution is -2.03. The van der Waals surface area contributed by atoms with Crippen molar-refractivity contribution in [1.29, 1.82) is 0 Å². The molecule has 3 nitrogen and oxygen atoms in total. The van der Waals surface area contributed by atoms with Crippen LogP contribution in [-0.4, -0.2) is 16.2 Å². The molecule has 0 amide bonds. The van der Waals surface area contributed by atoms with E-state index in [1.165, 1.54) is 36.4 Å². The van der Waals surface area contributed by atoms with Crippen molar-refractivity contribution < 1.29 is 19.4 Å². The van der Waals surface area contributed by atoms with Crippen LogP contribution in [-0.2, 0) is 0 Å². The topological polar surface area (TPSA) is 57.5 Å². The van der Waals surface area contributed by atoms with Gasteiger partial charge in [-0.25, -0.2) is 9.18 Å². The van der Waals surface area contributed by atoms with E-state index in [1.54, 1.807) is 0 Å². The van der Waals surface area contributed by atoms with Crippen molar-refractivity contribution in [3.05, 3.63) is 53.8 Å². The molecule has 0 spiro atoms. The van der Waals surface area contributed by atoms with Crippen LogP contribution in [0.25, 0.3) is 11.1 Å². The van der Waals surface area contributed by atoms with Gasteiger partial charge in [-0.2, -0.15) is 0 Å². The van der Waals surface area contributed by atoms with Crippen molar-refractivity contribution in [2.45, 2.75) is 0 Å². The number of carboxylic acids is 1. The Bertz CT molecular complexity index is 561. The van der Waals surface area contributed by atoms with Crippen LogP contribution in [0.4, 0.5) is 4.39 Å². The average Bonchev–Trinajstić information content (AvgIpc) is 2.29. The predicted octanol–water partition coefficient (Wildman–Crippen LogP) is 2.90. The molecular weight excluding hydrogens is 223 g/mol. The number of phenolic OH excluding ortho intramolecular Hbond substituents is 1. The molecule has 0 aliphatic carbocycles. The number of carbonyl (C=O) groups is 1. The molecule has 0 fully saturated rings. The molecule has 0 aliphatic heterocycles. The third-order valence-electron chi connectivity index (χ3n) is 2.41. The monoisotopic (exact) mass is 232 g/mol. The number of hydrogen-bond donors (Lipinski definition) is 2. The number of hydrogen-bond acceptors (Lipinski definition) is 2. The number of aromatic hydroxyl groups is 1. The van der Waals surface area contributed by atoms with Crippen LogP contribution in [0.1, 0.15) is 10.4 Å². The zero-order valence-electron chi connectivity index (χ0n) is 8.72. The second-order valence-electron chi connectivity index (χ2n) is 3.51. The molecule has 0 heterocycles. The lowest BCUT2D eigenvalue weighted by atomic mass is 9.99. The van der Waals surface area contributed by atoms with E-state index in [9.17, 15) is 9.18 Å². The van der Waals surface area contributed by atoms with Gasteiger partial charge in [0.1, 0.15) is 17.1 Å². The largest absolute Gasteiger partial charge is 0.508 e. The molecule has 2 aromatic carbocycles. The first-order valence-corrected chi connectivity index (χ1v) is 4.91. The third kappa shape index (κ3) is 2.10. The van der Waals surface area contributed by atoms with E-state index in [-0.39, 0.29) is 16.9 Å². The maximum Gasteiger partial charge on any atom is 0.339 e. The van der Waals surface area contributed by atoms with Crippen LogP contribution >= 0.6 is 0 Å². The summed E-state index contributed by atoms with van der Waals surface area (Å²) in [7, 11) is 0. The SMILES string of the molecule is O=C(O)c1c(F)cccc1-c1ccc(O)cc1. The van der Waals surface area contributed by atoms with E-state index in [0.717, 1.165) is 6.07 Å². The third-order valence-corrected chi connectivity index (χ3v) is 2.41. The van der Waals surface area contributed by atoms with Gasteiger partial charge in [0, 0.05) is 0 Å². The Labute approximate surface area is 96.8 Å². The zero-order chi connectivity index (χ0) is 12.4. The summed E-state index contributed by atoms with van der Waals surface area (Å²) in [5.41, 5.74) is 0.468. The summed E-state index contributed by atoms with van der Waals surface area (Å²) in [6.45, 7) is 0. The molecule has 0 saturated carbocycles. The Kier molecular flexibility index (Phi) is 2.78. The van der Waals surface area contributed by atoms with Gasteiger partial charge in [-0.05, 0) is 29.3 Å². The summed E-state index contributed by atoms with van der Waals surface area (Å²) in [5, 5.41) is 18.1. The highest BCUT2D eigenvalue weighted by Gasteiger charge is 2.16. The molecule has 0 radical (unpaired) electrons. The first-order chi connectivity index (χ1) is 8.09. The van der Waals surface area contributed by atoms with Crippen LogP contribution < -0.4 is 0 Å². The minimum absolute atomic E-state index is 0.0713. The van der Waals surface area contributed by atoms with Gasteiger partial charge in [0.25, 0.3) is 0 Å². The highest BCUT2D eigenvalue weighted by atomic mass is 19.1. The number of rotatable bonds is 2. The minimum atomic E-state index is -1.31. The van der Waals surface area contributed by atoms with E-state index in [0.29, 0.717) is 5.56 Å². The molecule has 0 atom stereocenters. The van der Waals surface area contributed by atoms with Gasteiger partial charge in [0.15, 0.2) is 0 Å². The first-order valence-electron chi connectivity index (χ1n) is 4.91. The summed E-state index contributed by atoms with van der Waals surface area (Å²) in [5.74, 6) is -2.02. The van der Waals surface area contributed by atoms with Crippen molar-refractivity contribution in [2.75, 3.05) is 0 Å². The molecule has 0 saturated heterocycles. The van der Waals surface area contributed by atoms with Gasteiger partial charge >= 0.3 is 5.97 Å². The molecule has 2 N–H and O–H groups in total. The Morgan fingerprint density at radius 3 is 2.29 bits per heavy atom. The second kappa shape index (κ2) is 4.25. The Morgan fingerprint density at radius 1 is 1.06 bits per heavy atom. The van der Waals surface area contributed by atoms with Gasteiger partial charge in [0.05, 0.1) is 0 Å². The van der Waals surface area contributed by atoms with Crippen molar-refractivity contribution in [1.82, 2.24) is 0 Å². The molecule has 0 aliphatic rings. The van der Waals surface area contributed by atoms with Gasteiger partial charge in [-0.1, -0.05) is 24.3 Å². The number of benzene rings is 2. The zero-order valence-corrected chi connectivity index (χ0v) is 8.72. The van der Waals surface area contributed by atoms with E-state index in [1.807, 2.05) is 0 Å². The average molecular weight is 232 g/mol. The van der Waals surface area contributed by atoms with E-state index < -0.39 is 11.8 Å². The summed E-state index contributed by atoms with van der Waals surface area (Å²) < 4.78 is 13.4. The summed E-state index contributed by atoms with van der Waals surface area (Å²) in [6.07, 6.45) is 0. The number of carboxylic acid groups (broad SMARTS) is 1. The molecule has 86 valence electrons. The normalized spacial score (nSPS) is 10.2. The molecule has 2 rings (SSSR count). The maximum absolute atomic E-state index is 13.4. The first kappa shape index (κ1) is 11.1. The molecule has 2 aromatic rings. The Morgan fingerprint density at radius 2 is 1.71 bits per heavy atom.